The molecule has 3 N–H and O–H groups in total. The largest absolute Gasteiger partial charge is 0.416 e. The van der Waals surface area contributed by atoms with Crippen LogP contribution in [0.5, 0.6) is 0 Å². The van der Waals surface area contributed by atoms with Crippen LogP contribution in [0.3, 0.4) is 0 Å². The number of hydrogen-bond acceptors (Lipinski definition) is 8. The molecule has 216 valence electrons. The van der Waals surface area contributed by atoms with Crippen LogP contribution in [0.15, 0.2) is 53.6 Å². The number of rotatable bonds is 8. The molecule has 0 bridgehead atoms. The fraction of sp³-hybridized carbons (Fsp3) is 0.333. The maximum atomic E-state index is 12.9. The molecule has 2 aromatic heterocycles. The van der Waals surface area contributed by atoms with Crippen LogP contribution in [0, 0.1) is 6.92 Å². The van der Waals surface area contributed by atoms with Gasteiger partial charge in [-0.05, 0) is 54.8 Å². The monoisotopic (exact) mass is 586 g/mol. The number of aryl methyl sites for hydroxylation is 2. The highest BCUT2D eigenvalue weighted by atomic mass is 32.2. The van der Waals surface area contributed by atoms with Gasteiger partial charge in [0.1, 0.15) is 5.69 Å². The van der Waals surface area contributed by atoms with Gasteiger partial charge in [-0.1, -0.05) is 12.1 Å². The van der Waals surface area contributed by atoms with E-state index in [2.05, 4.69) is 35.3 Å². The average Bonchev–Trinajstić information content (AvgIpc) is 3.29. The molecule has 3 heterocycles. The van der Waals surface area contributed by atoms with E-state index < -0.39 is 17.8 Å². The van der Waals surface area contributed by atoms with Gasteiger partial charge in [0.15, 0.2) is 5.65 Å². The lowest BCUT2D eigenvalue weighted by atomic mass is 10.1. The second-order valence-electron chi connectivity index (χ2n) is 9.50. The number of nitrogens with zero attached hydrogens (tertiary/aromatic N) is 5. The maximum absolute atomic E-state index is 12.9. The van der Waals surface area contributed by atoms with Crippen LogP contribution in [0.2, 0.25) is 0 Å². The van der Waals surface area contributed by atoms with Gasteiger partial charge in [0, 0.05) is 55.6 Å². The number of benzene rings is 2. The van der Waals surface area contributed by atoms with E-state index in [1.807, 2.05) is 26.1 Å². The Kier molecular flexibility index (Phi) is 8.61. The van der Waals surface area contributed by atoms with Crippen LogP contribution in [-0.4, -0.2) is 70.1 Å². The summed E-state index contributed by atoms with van der Waals surface area (Å²) < 4.78 is 48.4. The molecule has 1 saturated heterocycles. The molecule has 0 saturated carbocycles. The van der Waals surface area contributed by atoms with Gasteiger partial charge in [0.25, 0.3) is 0 Å². The average molecular weight is 587 g/mol. The van der Waals surface area contributed by atoms with Crippen molar-refractivity contribution in [3.05, 3.63) is 59.8 Å². The second kappa shape index (κ2) is 12.3. The quantitative estimate of drug-likeness (QED) is 0.250. The van der Waals surface area contributed by atoms with E-state index >= 15 is 0 Å². The number of halogens is 3. The van der Waals surface area contributed by atoms with Crippen molar-refractivity contribution in [1.82, 2.24) is 29.4 Å². The van der Waals surface area contributed by atoms with Crippen molar-refractivity contribution in [2.45, 2.75) is 18.0 Å². The van der Waals surface area contributed by atoms with E-state index in [9.17, 15) is 18.0 Å². The van der Waals surface area contributed by atoms with Crippen molar-refractivity contribution in [2.24, 2.45) is 7.05 Å². The van der Waals surface area contributed by atoms with Gasteiger partial charge in [0.05, 0.1) is 24.2 Å². The second-order valence-corrected chi connectivity index (χ2v) is 10.4. The van der Waals surface area contributed by atoms with E-state index in [1.54, 1.807) is 16.9 Å². The summed E-state index contributed by atoms with van der Waals surface area (Å²) in [4.78, 5) is 24.2. The SMILES string of the molecule is Cc1cc(-c2nn(C)c3nc(NCCN4CCOCC4)ncc23)ccc1NC(=O)NSc1cccc(C(F)(F)F)c1. The molecule has 1 aliphatic heterocycles. The van der Waals surface area contributed by atoms with Crippen molar-refractivity contribution in [2.75, 3.05) is 50.0 Å². The molecule has 0 spiro atoms. The van der Waals surface area contributed by atoms with Crippen LogP contribution in [0.1, 0.15) is 11.1 Å². The third kappa shape index (κ3) is 7.07. The number of urea groups is 1. The Morgan fingerprint density at radius 2 is 1.95 bits per heavy atom. The number of fused-ring (bicyclic) bond motifs is 1. The summed E-state index contributed by atoms with van der Waals surface area (Å²) in [5.74, 6) is 0.532. The Morgan fingerprint density at radius 3 is 2.71 bits per heavy atom. The number of hydrogen-bond donors (Lipinski definition) is 3. The number of ether oxygens (including phenoxy) is 1. The molecule has 41 heavy (non-hydrogen) atoms. The Bertz CT molecular complexity index is 1540. The zero-order valence-corrected chi connectivity index (χ0v) is 23.3. The number of carbonyl (C=O) groups is 1. The van der Waals surface area contributed by atoms with Crippen molar-refractivity contribution in [3.63, 3.8) is 0 Å². The number of aromatic nitrogens is 4. The third-order valence-electron chi connectivity index (χ3n) is 6.57. The topological polar surface area (TPSA) is 109 Å². The predicted molar refractivity (Wildman–Crippen MR) is 152 cm³/mol. The fourth-order valence-corrected chi connectivity index (χ4v) is 5.02. The van der Waals surface area contributed by atoms with Gasteiger partial charge in [-0.15, -0.1) is 0 Å². The zero-order valence-electron chi connectivity index (χ0n) is 22.5. The molecule has 1 fully saturated rings. The standard InChI is InChI=1S/C27H29F3N8O2S/c1-17-14-18(6-7-22(17)33-26(39)36-41-20-5-3-4-19(15-20)27(28,29)30)23-21-16-32-25(34-24(21)37(2)35-23)31-8-9-38-10-12-40-13-11-38/h3-7,14-16H,8-13H2,1-2H3,(H,31,32,34)(H2,33,36,39). The smallest absolute Gasteiger partial charge is 0.379 e. The minimum Gasteiger partial charge on any atom is -0.379 e. The number of amides is 2. The predicted octanol–water partition coefficient (Wildman–Crippen LogP) is 4.93. The molecule has 1 aliphatic rings. The summed E-state index contributed by atoms with van der Waals surface area (Å²) in [7, 11) is 1.82. The van der Waals surface area contributed by atoms with Gasteiger partial charge in [-0.25, -0.2) is 14.5 Å². The molecule has 10 nitrogen and oxygen atoms in total. The highest BCUT2D eigenvalue weighted by Gasteiger charge is 2.30. The minimum absolute atomic E-state index is 0.266. The molecule has 2 amide bonds. The van der Waals surface area contributed by atoms with Crippen LogP contribution < -0.4 is 15.4 Å². The lowest BCUT2D eigenvalue weighted by Gasteiger charge is -2.26. The van der Waals surface area contributed by atoms with Gasteiger partial charge in [0.2, 0.25) is 5.95 Å². The van der Waals surface area contributed by atoms with Crippen LogP contribution in [0.4, 0.5) is 29.6 Å². The Hall–Kier alpha value is -3.88. The van der Waals surface area contributed by atoms with Crippen LogP contribution in [-0.2, 0) is 18.0 Å². The van der Waals surface area contributed by atoms with Crippen molar-refractivity contribution in [3.8, 4) is 11.3 Å². The molecular formula is C27H29F3N8O2S. The molecular weight excluding hydrogens is 557 g/mol. The van der Waals surface area contributed by atoms with Crippen molar-refractivity contribution in [1.29, 1.82) is 0 Å². The number of nitrogens with one attached hydrogen (secondary N) is 3. The third-order valence-corrected chi connectivity index (χ3v) is 7.34. The Labute approximate surface area is 238 Å². The summed E-state index contributed by atoms with van der Waals surface area (Å²) in [5.41, 5.74) is 2.78. The lowest BCUT2D eigenvalue weighted by molar-refractivity contribution is -0.137. The first-order chi connectivity index (χ1) is 19.7. The minimum atomic E-state index is -4.45. The van der Waals surface area contributed by atoms with Gasteiger partial charge >= 0.3 is 12.2 Å². The van der Waals surface area contributed by atoms with E-state index in [4.69, 9.17) is 4.74 Å². The Balaban J connectivity index is 1.22. The number of alkyl halides is 3. The first kappa shape index (κ1) is 28.6. The number of anilines is 2. The maximum Gasteiger partial charge on any atom is 0.416 e. The molecule has 14 heteroatoms. The molecule has 4 aromatic rings. The first-order valence-corrected chi connectivity index (χ1v) is 13.7. The van der Waals surface area contributed by atoms with Crippen molar-refractivity contribution >= 4 is 40.6 Å². The molecule has 2 aromatic carbocycles. The van der Waals surface area contributed by atoms with E-state index in [0.717, 1.165) is 80.0 Å². The molecule has 0 aliphatic carbocycles. The summed E-state index contributed by atoms with van der Waals surface area (Å²) in [6.45, 7) is 6.79. The first-order valence-electron chi connectivity index (χ1n) is 12.9. The summed E-state index contributed by atoms with van der Waals surface area (Å²) >= 11 is 0.800. The molecule has 0 unspecified atom stereocenters. The summed E-state index contributed by atoms with van der Waals surface area (Å²) in [6.07, 6.45) is -2.70. The molecule has 5 rings (SSSR count). The van der Waals surface area contributed by atoms with E-state index in [0.29, 0.717) is 23.0 Å². The van der Waals surface area contributed by atoms with Crippen molar-refractivity contribution < 1.29 is 22.7 Å². The number of morpholine rings is 1. The normalized spacial score (nSPS) is 14.3. The van der Waals surface area contributed by atoms with Crippen LogP contribution in [0.25, 0.3) is 22.3 Å². The van der Waals surface area contributed by atoms with Crippen LogP contribution >= 0.6 is 11.9 Å². The Morgan fingerprint density at radius 1 is 1.15 bits per heavy atom. The van der Waals surface area contributed by atoms with Gasteiger partial charge < -0.3 is 15.4 Å². The molecule has 0 atom stereocenters. The number of carbonyl (C=O) groups excluding carboxylic acids is 1. The van der Waals surface area contributed by atoms with Gasteiger partial charge in [-0.2, -0.15) is 23.3 Å². The summed E-state index contributed by atoms with van der Waals surface area (Å²) in [6, 6.07) is 9.67. The highest BCUT2D eigenvalue weighted by molar-refractivity contribution is 7.98. The highest BCUT2D eigenvalue weighted by Crippen LogP contribution is 2.32. The van der Waals surface area contributed by atoms with E-state index in [-0.39, 0.29) is 4.90 Å². The molecule has 0 radical (unpaired) electrons. The van der Waals surface area contributed by atoms with E-state index in [1.165, 1.54) is 12.1 Å². The van der Waals surface area contributed by atoms with Gasteiger partial charge in [-0.3, -0.25) is 9.62 Å². The zero-order chi connectivity index (χ0) is 29.0. The fourth-order valence-electron chi connectivity index (χ4n) is 4.43. The lowest BCUT2D eigenvalue weighted by Crippen LogP contribution is -2.39. The summed E-state index contributed by atoms with van der Waals surface area (Å²) in [5, 5.41) is 11.5.